The molecule has 2 aliphatic heterocycles. The zero-order valence-electron chi connectivity index (χ0n) is 10.7. The molecule has 1 saturated carbocycles. The molecule has 0 amide bonds. The van der Waals surface area contributed by atoms with Gasteiger partial charge in [0.1, 0.15) is 0 Å². The van der Waals surface area contributed by atoms with Gasteiger partial charge >= 0.3 is 0 Å². The van der Waals surface area contributed by atoms with Crippen LogP contribution in [-0.4, -0.2) is 48.5 Å². The van der Waals surface area contributed by atoms with Crippen molar-refractivity contribution in [1.82, 2.24) is 10.2 Å². The van der Waals surface area contributed by atoms with E-state index < -0.39 is 0 Å². The zero-order chi connectivity index (χ0) is 11.7. The van der Waals surface area contributed by atoms with Gasteiger partial charge in [-0.05, 0) is 44.7 Å². The predicted octanol–water partition coefficient (Wildman–Crippen LogP) is 1.80. The fraction of sp³-hybridized carbons (Fsp3) is 0.923. The van der Waals surface area contributed by atoms with Crippen molar-refractivity contribution >= 4 is 16.9 Å². The van der Waals surface area contributed by atoms with Crippen molar-refractivity contribution in [2.45, 2.75) is 31.7 Å². The summed E-state index contributed by atoms with van der Waals surface area (Å²) in [6, 6.07) is 0.737. The third-order valence-electron chi connectivity index (χ3n) is 4.38. The fourth-order valence-corrected chi connectivity index (χ4v) is 4.46. The Balaban J connectivity index is 1.51. The third-order valence-corrected chi connectivity index (χ3v) is 5.50. The maximum atomic E-state index is 4.80. The fourth-order valence-electron chi connectivity index (χ4n) is 3.29. The molecule has 4 heteroatoms. The van der Waals surface area contributed by atoms with Gasteiger partial charge < -0.3 is 10.2 Å². The molecule has 3 aliphatic rings. The number of nitrogens with one attached hydrogen (secondary N) is 1. The molecular weight excluding hydrogens is 230 g/mol. The zero-order valence-corrected chi connectivity index (χ0v) is 11.5. The number of aliphatic imine (C=N–C) groups is 1. The minimum absolute atomic E-state index is 0.737. The molecule has 96 valence electrons. The van der Waals surface area contributed by atoms with E-state index in [4.69, 9.17) is 4.99 Å². The Kier molecular flexibility index (Phi) is 3.61. The van der Waals surface area contributed by atoms with Crippen LogP contribution in [0.25, 0.3) is 0 Å². The topological polar surface area (TPSA) is 27.6 Å². The second kappa shape index (κ2) is 5.19. The van der Waals surface area contributed by atoms with E-state index in [1.807, 2.05) is 11.8 Å². The van der Waals surface area contributed by atoms with Gasteiger partial charge in [0.25, 0.3) is 0 Å². The van der Waals surface area contributed by atoms with Crippen LogP contribution in [0.5, 0.6) is 0 Å². The van der Waals surface area contributed by atoms with Gasteiger partial charge in [0.15, 0.2) is 5.17 Å². The Hall–Kier alpha value is -0.220. The highest BCUT2D eigenvalue weighted by Gasteiger charge is 2.32. The minimum atomic E-state index is 0.737. The normalized spacial score (nSPS) is 40.5. The standard InChI is InChI=1S/C13H23N3S/c1-16-6-5-10(8-16)7-14-13-15-12-4-2-3-11(12)9-17-13/h10-12H,2-9H2,1H3,(H,14,15). The Morgan fingerprint density at radius 3 is 3.18 bits per heavy atom. The molecule has 17 heavy (non-hydrogen) atoms. The molecule has 0 aromatic rings. The van der Waals surface area contributed by atoms with E-state index in [9.17, 15) is 0 Å². The summed E-state index contributed by atoms with van der Waals surface area (Å²) in [5.41, 5.74) is 0. The summed E-state index contributed by atoms with van der Waals surface area (Å²) < 4.78 is 0. The summed E-state index contributed by atoms with van der Waals surface area (Å²) >= 11 is 1.95. The largest absolute Gasteiger partial charge is 0.362 e. The molecule has 1 aliphatic carbocycles. The van der Waals surface area contributed by atoms with Gasteiger partial charge in [-0.15, -0.1) is 0 Å². The molecule has 2 saturated heterocycles. The molecule has 3 atom stereocenters. The lowest BCUT2D eigenvalue weighted by Gasteiger charge is -2.28. The number of rotatable bonds is 2. The highest BCUT2D eigenvalue weighted by atomic mass is 32.2. The first-order valence-corrected chi connectivity index (χ1v) is 7.92. The van der Waals surface area contributed by atoms with Crippen LogP contribution in [0.15, 0.2) is 4.99 Å². The molecule has 0 aromatic heterocycles. The van der Waals surface area contributed by atoms with Crippen molar-refractivity contribution in [3.63, 3.8) is 0 Å². The van der Waals surface area contributed by atoms with Crippen LogP contribution in [0.3, 0.4) is 0 Å². The maximum absolute atomic E-state index is 4.80. The molecule has 3 rings (SSSR count). The second-order valence-corrected chi connectivity index (χ2v) is 6.82. The van der Waals surface area contributed by atoms with Crippen molar-refractivity contribution in [3.8, 4) is 0 Å². The highest BCUT2D eigenvalue weighted by Crippen LogP contribution is 2.32. The second-order valence-electron chi connectivity index (χ2n) is 5.82. The molecule has 1 N–H and O–H groups in total. The molecule has 0 bridgehead atoms. The SMILES string of the molecule is CN1CCC(CN=C2NC3CCCC3CS2)C1. The predicted molar refractivity (Wildman–Crippen MR) is 74.6 cm³/mol. The van der Waals surface area contributed by atoms with Crippen molar-refractivity contribution in [1.29, 1.82) is 0 Å². The number of amidine groups is 1. The maximum Gasteiger partial charge on any atom is 0.156 e. The first-order valence-electron chi connectivity index (χ1n) is 6.93. The van der Waals surface area contributed by atoms with Crippen molar-refractivity contribution in [2.75, 3.05) is 32.4 Å². The van der Waals surface area contributed by atoms with Crippen LogP contribution in [-0.2, 0) is 0 Å². The van der Waals surface area contributed by atoms with Crippen LogP contribution < -0.4 is 5.32 Å². The molecule has 0 radical (unpaired) electrons. The number of hydrogen-bond acceptors (Lipinski definition) is 3. The molecular formula is C13H23N3S. The highest BCUT2D eigenvalue weighted by molar-refractivity contribution is 8.13. The third kappa shape index (κ3) is 2.79. The molecule has 2 heterocycles. The van der Waals surface area contributed by atoms with E-state index in [2.05, 4.69) is 17.3 Å². The van der Waals surface area contributed by atoms with Gasteiger partial charge in [-0.2, -0.15) is 0 Å². The van der Waals surface area contributed by atoms with Gasteiger partial charge in [0, 0.05) is 24.9 Å². The first-order chi connectivity index (χ1) is 8.31. The molecule has 0 spiro atoms. The monoisotopic (exact) mass is 253 g/mol. The van der Waals surface area contributed by atoms with Gasteiger partial charge in [-0.1, -0.05) is 18.2 Å². The van der Waals surface area contributed by atoms with Crippen LogP contribution in [0.4, 0.5) is 0 Å². The molecule has 0 aromatic carbocycles. The number of fused-ring (bicyclic) bond motifs is 1. The van der Waals surface area contributed by atoms with E-state index in [0.717, 1.165) is 24.4 Å². The minimum Gasteiger partial charge on any atom is -0.362 e. The van der Waals surface area contributed by atoms with E-state index in [-0.39, 0.29) is 0 Å². The van der Waals surface area contributed by atoms with Crippen molar-refractivity contribution in [3.05, 3.63) is 0 Å². The Morgan fingerprint density at radius 1 is 1.41 bits per heavy atom. The van der Waals surface area contributed by atoms with E-state index in [1.165, 1.54) is 49.7 Å². The average molecular weight is 253 g/mol. The number of thioether (sulfide) groups is 1. The number of likely N-dealkylation sites (tertiary alicyclic amines) is 1. The summed E-state index contributed by atoms with van der Waals surface area (Å²) in [4.78, 5) is 7.22. The van der Waals surface area contributed by atoms with Gasteiger partial charge in [0.2, 0.25) is 0 Å². The van der Waals surface area contributed by atoms with E-state index in [0.29, 0.717) is 0 Å². The van der Waals surface area contributed by atoms with Crippen molar-refractivity contribution < 1.29 is 0 Å². The summed E-state index contributed by atoms with van der Waals surface area (Å²) in [7, 11) is 2.21. The summed E-state index contributed by atoms with van der Waals surface area (Å²) in [5, 5.41) is 4.87. The van der Waals surface area contributed by atoms with Crippen LogP contribution in [0.1, 0.15) is 25.7 Å². The van der Waals surface area contributed by atoms with E-state index in [1.54, 1.807) is 0 Å². The lowest BCUT2D eigenvalue weighted by Crippen LogP contribution is -2.41. The molecule has 3 unspecified atom stereocenters. The number of hydrogen-bond donors (Lipinski definition) is 1. The Labute approximate surface area is 108 Å². The van der Waals surface area contributed by atoms with Gasteiger partial charge in [-0.25, -0.2) is 0 Å². The number of nitrogens with zero attached hydrogens (tertiary/aromatic N) is 2. The van der Waals surface area contributed by atoms with E-state index >= 15 is 0 Å². The summed E-state index contributed by atoms with van der Waals surface area (Å²) in [6.07, 6.45) is 5.51. The van der Waals surface area contributed by atoms with Gasteiger partial charge in [0.05, 0.1) is 0 Å². The summed E-state index contributed by atoms with van der Waals surface area (Å²) in [5.74, 6) is 2.99. The summed E-state index contributed by atoms with van der Waals surface area (Å²) in [6.45, 7) is 3.51. The van der Waals surface area contributed by atoms with Crippen LogP contribution in [0.2, 0.25) is 0 Å². The van der Waals surface area contributed by atoms with Gasteiger partial charge in [-0.3, -0.25) is 4.99 Å². The Morgan fingerprint density at radius 2 is 2.35 bits per heavy atom. The molecule has 3 fully saturated rings. The van der Waals surface area contributed by atoms with Crippen LogP contribution >= 0.6 is 11.8 Å². The van der Waals surface area contributed by atoms with Crippen LogP contribution in [0, 0.1) is 11.8 Å². The lowest BCUT2D eigenvalue weighted by molar-refractivity contribution is 0.397. The smallest absolute Gasteiger partial charge is 0.156 e. The quantitative estimate of drug-likeness (QED) is 0.813. The molecule has 3 nitrogen and oxygen atoms in total. The lowest BCUT2D eigenvalue weighted by atomic mass is 10.1. The van der Waals surface area contributed by atoms with Crippen molar-refractivity contribution in [2.24, 2.45) is 16.8 Å². The average Bonchev–Trinajstić information content (AvgIpc) is 2.94. The Bertz CT molecular complexity index is 305. The first kappa shape index (κ1) is 11.8.